The maximum absolute atomic E-state index is 12.0. The van der Waals surface area contributed by atoms with Crippen molar-refractivity contribution in [2.75, 3.05) is 208 Å². The Balaban J connectivity index is 0.000000246. The second kappa shape index (κ2) is 66.9. The largest absolute Gasteiger partial charge is 0.454 e. The lowest BCUT2D eigenvalue weighted by Crippen LogP contribution is -2.53. The summed E-state index contributed by atoms with van der Waals surface area (Å²) in [7, 11) is 0. The summed E-state index contributed by atoms with van der Waals surface area (Å²) in [6, 6.07) is 34.8. The van der Waals surface area contributed by atoms with Crippen LogP contribution in [-0.4, -0.2) is 316 Å². The summed E-state index contributed by atoms with van der Waals surface area (Å²) in [6.07, 6.45) is 18.0. The van der Waals surface area contributed by atoms with Crippen molar-refractivity contribution in [1.29, 1.82) is 0 Å². The minimum absolute atomic E-state index is 0.0851. The summed E-state index contributed by atoms with van der Waals surface area (Å²) in [6.45, 7) is 74.6. The van der Waals surface area contributed by atoms with Gasteiger partial charge in [0.25, 0.3) is 0 Å². The number of piperazine rings is 4. The average Bonchev–Trinajstić information content (AvgIpc) is 1.69. The summed E-state index contributed by atoms with van der Waals surface area (Å²) >= 11 is 5.99. The molecule has 0 aromatic heterocycles. The van der Waals surface area contributed by atoms with Crippen molar-refractivity contribution in [3.63, 3.8) is 0 Å². The number of halogens is 1. The standard InChI is InChI=1S/C16H22N2O3.C16H24N2O.C15H22N2O.C14H19ClN2O.C14H26N2O.2C14H28N2O.C10H22N2O/c1-12(2)16(19)18-7-5-17(6-8-18)10-13-3-4-14-15(9-13)21-11-20-14;1-13(2)16(19)17-9-5-10-18-11-8-14-6-3-4-7-15(14)12-18;1-13(2)15(18)17-10-8-16(9-11-17)12-14-6-4-3-5-7-14;1-11(2)14(18)17-8-6-16(7-9-17)13-5-3-4-12(15)10-13;1-12(2)14(17)16-10-8-15(9-11-16)13-6-4-3-5-7-13;1-11(2)14(17)15-6-5-7-16-9-12(3)8-13(4)10-16;1-4-13-8-5-6-10-16(13)11-7-9-15-14(17)12(2)3;1-5-12(6-2)8-7-11-10(13)9(3)4/h3-4,9,12H,5-8,10-11H2,1-2H3;3-4,6-7,13H,5,8-12H2,1-2H3,(H,17,19);3-7,13H,8-12H2,1-2H3;3-5,10-11H,6-9H2,1-2H3;12-13H,3-11H2,1-2H3;11-13H,5-10H2,1-4H3,(H,15,17);12-13H,4-11H2,1-3H3,(H,15,17);9H,5-8H2,1-4H3,(H,11,13). The van der Waals surface area contributed by atoms with E-state index in [1.54, 1.807) is 0 Å². The van der Waals surface area contributed by atoms with Crippen LogP contribution >= 0.6 is 11.6 Å². The molecule has 6 saturated heterocycles. The molecular weight excluding hydrogens is 1780 g/mol. The van der Waals surface area contributed by atoms with Gasteiger partial charge in [0.05, 0.1) is 0 Å². The molecule has 13 rings (SSSR count). The first kappa shape index (κ1) is 121. The number of nitrogens with zero attached hydrogens (tertiary/aromatic N) is 12. The zero-order valence-electron chi connectivity index (χ0n) is 90.9. The topological polar surface area (TPSA) is 242 Å². The molecule has 27 heteroatoms. The van der Waals surface area contributed by atoms with Crippen molar-refractivity contribution in [2.24, 2.45) is 59.2 Å². The highest BCUT2D eigenvalue weighted by Gasteiger charge is 2.32. The molecule has 790 valence electrons. The molecule has 0 bridgehead atoms. The SMILES string of the molecule is CC(C)C(=O)N1CCN(C2CCCCC2)CC1.CC(C)C(=O)N1CCN(Cc2ccc3c(c2)OCO3)CC1.CC(C)C(=O)N1CCN(Cc2ccccc2)CC1.CC(C)C(=O)N1CCN(c2cccc(Cl)c2)CC1.CC(C)C(=O)NCCCN1CCc2ccccc2C1.CC1CC(C)CN(CCCNC(=O)C(C)C)C1.CCC1CCCCN1CCCNC(=O)C(C)C.CCN(CC)CCNC(=O)C(C)C. The Kier molecular flexibility index (Phi) is 57.7. The van der Waals surface area contributed by atoms with Gasteiger partial charge in [-0.05, 0) is 155 Å². The monoisotopic (exact) mass is 1970 g/mol. The molecule has 1 aliphatic carbocycles. The third kappa shape index (κ3) is 46.0. The summed E-state index contributed by atoms with van der Waals surface area (Å²) in [4.78, 5) is 121. The van der Waals surface area contributed by atoms with E-state index in [1.807, 2.05) is 167 Å². The summed E-state index contributed by atoms with van der Waals surface area (Å²) in [5.74, 6) is 5.91. The zero-order valence-corrected chi connectivity index (χ0v) is 91.7. The van der Waals surface area contributed by atoms with E-state index in [4.69, 9.17) is 21.1 Å². The van der Waals surface area contributed by atoms with Gasteiger partial charge in [-0.3, -0.25) is 58.0 Å². The second-order valence-electron chi connectivity index (χ2n) is 42.4. The maximum Gasteiger partial charge on any atom is 0.231 e. The summed E-state index contributed by atoms with van der Waals surface area (Å²) in [5, 5.41) is 12.6. The van der Waals surface area contributed by atoms with E-state index in [0.717, 1.165) is 268 Å². The van der Waals surface area contributed by atoms with Crippen LogP contribution in [0.15, 0.2) is 97.1 Å². The first-order valence-corrected chi connectivity index (χ1v) is 54.7. The molecule has 26 nitrogen and oxygen atoms in total. The number of nitrogens with one attached hydrogen (secondary N) is 4. The van der Waals surface area contributed by atoms with Gasteiger partial charge in [0.15, 0.2) is 11.5 Å². The fourth-order valence-corrected chi connectivity index (χ4v) is 19.4. The van der Waals surface area contributed by atoms with Crippen LogP contribution in [-0.2, 0) is 64.4 Å². The summed E-state index contributed by atoms with van der Waals surface area (Å²) in [5.41, 5.74) is 6.66. The molecule has 3 atom stereocenters. The van der Waals surface area contributed by atoms with Gasteiger partial charge < -0.3 is 69.9 Å². The number of rotatable bonds is 32. The Labute approximate surface area is 852 Å². The molecule has 4 aromatic carbocycles. The van der Waals surface area contributed by atoms with Crippen LogP contribution in [0.25, 0.3) is 0 Å². The number of fused-ring (bicyclic) bond motifs is 2. The van der Waals surface area contributed by atoms with E-state index >= 15 is 0 Å². The van der Waals surface area contributed by atoms with Crippen molar-refractivity contribution in [3.05, 3.63) is 124 Å². The lowest BCUT2D eigenvalue weighted by atomic mass is 9.92. The van der Waals surface area contributed by atoms with Crippen LogP contribution in [0.2, 0.25) is 5.02 Å². The van der Waals surface area contributed by atoms with Crippen molar-refractivity contribution in [3.8, 4) is 11.5 Å². The van der Waals surface area contributed by atoms with E-state index in [2.05, 4.69) is 156 Å². The number of ether oxygens (including phenoxy) is 2. The van der Waals surface area contributed by atoms with Gasteiger partial charge >= 0.3 is 0 Å². The molecule has 8 heterocycles. The van der Waals surface area contributed by atoms with Crippen molar-refractivity contribution in [1.82, 2.24) is 75.2 Å². The van der Waals surface area contributed by atoms with E-state index < -0.39 is 0 Å². The van der Waals surface area contributed by atoms with Gasteiger partial charge in [-0.15, -0.1) is 0 Å². The number of amides is 8. The first-order valence-electron chi connectivity index (χ1n) is 54.3. The molecule has 4 aromatic rings. The number of carbonyl (C=O) groups excluding carboxylic acids is 8. The van der Waals surface area contributed by atoms with Gasteiger partial charge in [-0.1, -0.05) is 249 Å². The smallest absolute Gasteiger partial charge is 0.231 e. The fourth-order valence-electron chi connectivity index (χ4n) is 19.2. The minimum Gasteiger partial charge on any atom is -0.454 e. The van der Waals surface area contributed by atoms with Gasteiger partial charge in [0, 0.05) is 260 Å². The minimum atomic E-state index is 0.0851. The Hall–Kier alpha value is -7.95. The highest BCUT2D eigenvalue weighted by Crippen LogP contribution is 2.34. The molecular formula is C113H191ClN16O10. The number of hydrogen-bond donors (Lipinski definition) is 4. The molecule has 0 spiro atoms. The fraction of sp³-hybridized carbons (Fsp3) is 0.717. The number of hydrogen-bond acceptors (Lipinski definition) is 18. The molecule has 1 saturated carbocycles. The van der Waals surface area contributed by atoms with Gasteiger partial charge in [0.2, 0.25) is 54.1 Å². The van der Waals surface area contributed by atoms with Crippen LogP contribution < -0.4 is 35.6 Å². The highest BCUT2D eigenvalue weighted by molar-refractivity contribution is 6.30. The van der Waals surface area contributed by atoms with Crippen LogP contribution in [0.3, 0.4) is 0 Å². The van der Waals surface area contributed by atoms with Crippen LogP contribution in [0.5, 0.6) is 11.5 Å². The maximum atomic E-state index is 12.0. The van der Waals surface area contributed by atoms with Gasteiger partial charge in [-0.2, -0.15) is 0 Å². The Morgan fingerprint density at radius 3 is 1.31 bits per heavy atom. The van der Waals surface area contributed by atoms with E-state index in [1.165, 1.54) is 106 Å². The third-order valence-corrected chi connectivity index (χ3v) is 28.1. The molecule has 8 amide bonds. The van der Waals surface area contributed by atoms with E-state index in [-0.39, 0.29) is 88.7 Å². The predicted octanol–water partition coefficient (Wildman–Crippen LogP) is 16.3. The normalized spacial score (nSPS) is 18.9. The molecule has 4 N–H and O–H groups in total. The molecule has 7 fully saturated rings. The number of anilines is 1. The van der Waals surface area contributed by atoms with Gasteiger partial charge in [0.1, 0.15) is 0 Å². The van der Waals surface area contributed by atoms with Crippen molar-refractivity contribution >= 4 is 64.5 Å². The quantitative estimate of drug-likeness (QED) is 0.0332. The molecule has 0 radical (unpaired) electrons. The van der Waals surface area contributed by atoms with E-state index in [9.17, 15) is 38.4 Å². The Morgan fingerprint density at radius 2 is 0.836 bits per heavy atom. The highest BCUT2D eigenvalue weighted by atomic mass is 35.5. The first-order chi connectivity index (χ1) is 67.0. The average molecular weight is 1970 g/mol. The Bertz CT molecular complexity index is 4140. The third-order valence-electron chi connectivity index (χ3n) is 27.8. The van der Waals surface area contributed by atoms with Gasteiger partial charge in [-0.25, -0.2) is 0 Å². The molecule has 140 heavy (non-hydrogen) atoms. The number of likely N-dealkylation sites (N-methyl/N-ethyl adjacent to an activating group) is 1. The lowest BCUT2D eigenvalue weighted by Gasteiger charge is -2.41. The van der Waals surface area contributed by atoms with Crippen LogP contribution in [0.4, 0.5) is 5.69 Å². The second-order valence-corrected chi connectivity index (χ2v) is 42.8. The van der Waals surface area contributed by atoms with Crippen molar-refractivity contribution < 1.29 is 47.8 Å². The van der Waals surface area contributed by atoms with Crippen molar-refractivity contribution in [2.45, 2.75) is 267 Å². The molecule has 9 aliphatic rings. The number of likely N-dealkylation sites (tertiary alicyclic amines) is 2. The zero-order chi connectivity index (χ0) is 103. The molecule has 3 unspecified atom stereocenters. The number of carbonyl (C=O) groups is 8. The number of benzene rings is 4. The van der Waals surface area contributed by atoms with Crippen LogP contribution in [0, 0.1) is 59.2 Å². The summed E-state index contributed by atoms with van der Waals surface area (Å²) < 4.78 is 10.7. The van der Waals surface area contributed by atoms with E-state index in [0.29, 0.717) is 12.7 Å². The predicted molar refractivity (Wildman–Crippen MR) is 575 cm³/mol. The Morgan fingerprint density at radius 1 is 0.400 bits per heavy atom. The molecule has 8 aliphatic heterocycles. The number of piperidine rings is 2. The van der Waals surface area contributed by atoms with Crippen LogP contribution in [0.1, 0.15) is 251 Å². The lowest BCUT2D eigenvalue weighted by molar-refractivity contribution is -0.137.